The van der Waals surface area contributed by atoms with E-state index in [0.29, 0.717) is 0 Å². The first kappa shape index (κ1) is 21.1. The first-order valence-electron chi connectivity index (χ1n) is 10.8. The molecule has 1 aliphatic heterocycles. The van der Waals surface area contributed by atoms with E-state index in [1.54, 1.807) is 0 Å². The van der Waals surface area contributed by atoms with Crippen molar-refractivity contribution in [1.29, 1.82) is 0 Å². The largest absolute Gasteiger partial charge is 0.494 e. The topological polar surface area (TPSA) is 18.5 Å². The first-order chi connectivity index (χ1) is 13.3. The Bertz CT molecular complexity index is 731. The lowest BCUT2D eigenvalue weighted by molar-refractivity contribution is 0.00578. The number of benzene rings is 2. The average Bonchev–Trinajstić information content (AvgIpc) is 2.89. The molecule has 1 fully saturated rings. The fourth-order valence-electron chi connectivity index (χ4n) is 3.56. The molecule has 0 spiro atoms. The minimum atomic E-state index is -0.293. The number of unbranched alkanes of at least 4 members (excludes halogenated alkanes) is 2. The predicted octanol–water partition coefficient (Wildman–Crippen LogP) is 5.50. The van der Waals surface area contributed by atoms with E-state index < -0.39 is 0 Å². The molecule has 0 bridgehead atoms. The molecule has 1 saturated heterocycles. The smallest absolute Gasteiger partial charge is 0.399 e. The van der Waals surface area contributed by atoms with Gasteiger partial charge in [-0.3, -0.25) is 0 Å². The third kappa shape index (κ3) is 5.07. The lowest BCUT2D eigenvalue weighted by Crippen LogP contribution is -2.41. The molecule has 2 aromatic carbocycles. The van der Waals surface area contributed by atoms with Gasteiger partial charge in [-0.1, -0.05) is 68.3 Å². The molecule has 1 heterocycles. The summed E-state index contributed by atoms with van der Waals surface area (Å²) in [5.74, 6) is 0. The molecule has 0 unspecified atom stereocenters. The molecule has 0 amide bonds. The van der Waals surface area contributed by atoms with Crippen LogP contribution in [0.15, 0.2) is 48.5 Å². The van der Waals surface area contributed by atoms with Gasteiger partial charge in [-0.2, -0.15) is 0 Å². The van der Waals surface area contributed by atoms with Crippen LogP contribution in [0.5, 0.6) is 0 Å². The first-order valence-corrected chi connectivity index (χ1v) is 10.8. The van der Waals surface area contributed by atoms with Crippen LogP contribution in [0.4, 0.5) is 0 Å². The lowest BCUT2D eigenvalue weighted by Gasteiger charge is -2.32. The third-order valence-corrected chi connectivity index (χ3v) is 6.30. The van der Waals surface area contributed by atoms with Crippen molar-refractivity contribution in [3.8, 4) is 0 Å². The van der Waals surface area contributed by atoms with Gasteiger partial charge in [0.05, 0.1) is 11.2 Å². The normalized spacial score (nSPS) is 17.8. The van der Waals surface area contributed by atoms with Crippen LogP contribution >= 0.6 is 0 Å². The highest BCUT2D eigenvalue weighted by Crippen LogP contribution is 2.36. The Morgan fingerprint density at radius 1 is 0.643 bits per heavy atom. The van der Waals surface area contributed by atoms with E-state index in [-0.39, 0.29) is 18.3 Å². The summed E-state index contributed by atoms with van der Waals surface area (Å²) in [4.78, 5) is 0. The van der Waals surface area contributed by atoms with Gasteiger partial charge in [0.25, 0.3) is 0 Å². The van der Waals surface area contributed by atoms with Gasteiger partial charge < -0.3 is 9.31 Å². The minimum absolute atomic E-state index is 0.278. The van der Waals surface area contributed by atoms with Gasteiger partial charge in [0.1, 0.15) is 0 Å². The molecule has 28 heavy (non-hydrogen) atoms. The number of aryl methyl sites for hydroxylation is 3. The lowest BCUT2D eigenvalue weighted by atomic mass is 9.78. The van der Waals surface area contributed by atoms with Crippen LogP contribution in [-0.4, -0.2) is 18.3 Å². The zero-order chi connectivity index (χ0) is 20.2. The predicted molar refractivity (Wildman–Crippen MR) is 119 cm³/mol. The van der Waals surface area contributed by atoms with Crippen LogP contribution in [0, 0.1) is 0 Å². The third-order valence-electron chi connectivity index (χ3n) is 6.30. The van der Waals surface area contributed by atoms with Gasteiger partial charge in [-0.05, 0) is 75.5 Å². The second-order valence-corrected chi connectivity index (χ2v) is 9.10. The molecule has 0 radical (unpaired) electrons. The molecule has 150 valence electrons. The van der Waals surface area contributed by atoms with Crippen LogP contribution < -0.4 is 5.46 Å². The van der Waals surface area contributed by atoms with E-state index in [2.05, 4.69) is 83.1 Å². The zero-order valence-corrected chi connectivity index (χ0v) is 18.3. The van der Waals surface area contributed by atoms with Crippen LogP contribution in [0.2, 0.25) is 0 Å². The van der Waals surface area contributed by atoms with E-state index in [1.807, 2.05) is 0 Å². The van der Waals surface area contributed by atoms with Gasteiger partial charge in [0.15, 0.2) is 0 Å². The molecular weight excluding hydrogens is 343 g/mol. The van der Waals surface area contributed by atoms with Gasteiger partial charge in [-0.25, -0.2) is 0 Å². The zero-order valence-electron chi connectivity index (χ0n) is 18.3. The second kappa shape index (κ2) is 8.84. The van der Waals surface area contributed by atoms with Crippen molar-refractivity contribution in [2.75, 3.05) is 0 Å². The SMILES string of the molecule is CCCCCc1ccc(CCc2ccc(B3OC(C)(C)C(C)(C)O3)cc2)cc1. The van der Waals surface area contributed by atoms with Crippen LogP contribution in [-0.2, 0) is 28.6 Å². The van der Waals surface area contributed by atoms with Crippen molar-refractivity contribution in [2.45, 2.75) is 84.3 Å². The van der Waals surface area contributed by atoms with E-state index in [9.17, 15) is 0 Å². The van der Waals surface area contributed by atoms with E-state index in [4.69, 9.17) is 9.31 Å². The maximum absolute atomic E-state index is 6.14. The molecule has 2 nitrogen and oxygen atoms in total. The Balaban J connectivity index is 1.52. The molecular formula is C25H35BO2. The van der Waals surface area contributed by atoms with E-state index >= 15 is 0 Å². The number of hydrogen-bond donors (Lipinski definition) is 0. The highest BCUT2D eigenvalue weighted by atomic mass is 16.7. The molecule has 1 aliphatic rings. The van der Waals surface area contributed by atoms with Crippen LogP contribution in [0.25, 0.3) is 0 Å². The molecule has 0 aromatic heterocycles. The maximum Gasteiger partial charge on any atom is 0.494 e. The Labute approximate surface area is 171 Å². The van der Waals surface area contributed by atoms with Gasteiger partial charge in [0.2, 0.25) is 0 Å². The summed E-state index contributed by atoms with van der Waals surface area (Å²) in [6, 6.07) is 17.9. The van der Waals surface area contributed by atoms with Crippen molar-refractivity contribution in [1.82, 2.24) is 0 Å². The van der Waals surface area contributed by atoms with Gasteiger partial charge >= 0.3 is 7.12 Å². The number of rotatable bonds is 8. The summed E-state index contributed by atoms with van der Waals surface area (Å²) in [5, 5.41) is 0. The van der Waals surface area contributed by atoms with Crippen molar-refractivity contribution in [3.05, 3.63) is 65.2 Å². The molecule has 2 aromatic rings. The molecule has 3 rings (SSSR count). The Hall–Kier alpha value is -1.58. The van der Waals surface area contributed by atoms with Gasteiger partial charge in [0, 0.05) is 0 Å². The molecule has 0 N–H and O–H groups in total. The monoisotopic (exact) mass is 378 g/mol. The van der Waals surface area contributed by atoms with Crippen molar-refractivity contribution in [2.24, 2.45) is 0 Å². The van der Waals surface area contributed by atoms with E-state index in [0.717, 1.165) is 18.3 Å². The van der Waals surface area contributed by atoms with Crippen LogP contribution in [0.3, 0.4) is 0 Å². The molecule has 0 atom stereocenters. The van der Waals surface area contributed by atoms with E-state index in [1.165, 1.54) is 42.4 Å². The Morgan fingerprint density at radius 3 is 1.54 bits per heavy atom. The Kier molecular flexibility index (Phi) is 6.67. The quantitative estimate of drug-likeness (QED) is 0.446. The highest BCUT2D eigenvalue weighted by molar-refractivity contribution is 6.62. The summed E-state index contributed by atoms with van der Waals surface area (Å²) >= 11 is 0. The maximum atomic E-state index is 6.14. The average molecular weight is 378 g/mol. The standard InChI is InChI=1S/C25H35BO2/c1-6-7-8-9-20-10-12-21(13-11-20)14-15-22-16-18-23(19-17-22)26-27-24(2,3)25(4,5)28-26/h10-13,16-19H,6-9,14-15H2,1-5H3. The fraction of sp³-hybridized carbons (Fsp3) is 0.520. The van der Waals surface area contributed by atoms with Crippen molar-refractivity contribution in [3.63, 3.8) is 0 Å². The molecule has 0 aliphatic carbocycles. The fourth-order valence-corrected chi connectivity index (χ4v) is 3.56. The van der Waals surface area contributed by atoms with Crippen LogP contribution in [0.1, 0.15) is 70.6 Å². The van der Waals surface area contributed by atoms with Gasteiger partial charge in [-0.15, -0.1) is 0 Å². The molecule has 3 heteroatoms. The summed E-state index contributed by atoms with van der Waals surface area (Å²) in [6.07, 6.45) is 7.23. The number of hydrogen-bond acceptors (Lipinski definition) is 2. The minimum Gasteiger partial charge on any atom is -0.399 e. The highest BCUT2D eigenvalue weighted by Gasteiger charge is 2.51. The summed E-state index contributed by atoms with van der Waals surface area (Å²) < 4.78 is 12.3. The Morgan fingerprint density at radius 2 is 1.07 bits per heavy atom. The summed E-state index contributed by atoms with van der Waals surface area (Å²) in [5.41, 5.74) is 4.74. The van der Waals surface area contributed by atoms with Crippen molar-refractivity contribution >= 4 is 12.6 Å². The second-order valence-electron chi connectivity index (χ2n) is 9.10. The summed E-state index contributed by atoms with van der Waals surface area (Å²) in [6.45, 7) is 10.6. The molecule has 0 saturated carbocycles. The van der Waals surface area contributed by atoms with Crippen molar-refractivity contribution < 1.29 is 9.31 Å². The summed E-state index contributed by atoms with van der Waals surface area (Å²) in [7, 11) is -0.278.